The van der Waals surface area contributed by atoms with E-state index in [1.165, 1.54) is 0 Å². The third-order valence-corrected chi connectivity index (χ3v) is 3.63. The van der Waals surface area contributed by atoms with Gasteiger partial charge < -0.3 is 10.5 Å². The first kappa shape index (κ1) is 13.1. The van der Waals surface area contributed by atoms with Crippen LogP contribution in [0.25, 0.3) is 0 Å². The molecule has 4 nitrogen and oxygen atoms in total. The molecule has 18 heavy (non-hydrogen) atoms. The summed E-state index contributed by atoms with van der Waals surface area (Å²) in [4.78, 5) is 2.29. The van der Waals surface area contributed by atoms with E-state index in [0.717, 1.165) is 30.7 Å². The molecule has 0 spiro atoms. The quantitative estimate of drug-likeness (QED) is 0.627. The van der Waals surface area contributed by atoms with Gasteiger partial charge >= 0.3 is 0 Å². The van der Waals surface area contributed by atoms with E-state index in [-0.39, 0.29) is 11.9 Å². The van der Waals surface area contributed by atoms with E-state index in [4.69, 9.17) is 15.9 Å². The second-order valence-corrected chi connectivity index (χ2v) is 4.92. The smallest absolute Gasteiger partial charge is 0.123 e. The molecule has 1 aromatic carbocycles. The minimum Gasteiger partial charge on any atom is -0.384 e. The fraction of sp³-hybridized carbons (Fsp3) is 0.500. The summed E-state index contributed by atoms with van der Waals surface area (Å²) in [5, 5.41) is 7.60. The summed E-state index contributed by atoms with van der Waals surface area (Å²) in [5.41, 5.74) is 7.54. The number of hydrogen-bond acceptors (Lipinski definition) is 3. The normalized spacial score (nSPS) is 23.5. The molecule has 0 radical (unpaired) electrons. The second kappa shape index (κ2) is 5.50. The van der Waals surface area contributed by atoms with Crippen molar-refractivity contribution in [2.24, 2.45) is 5.73 Å². The Morgan fingerprint density at radius 3 is 2.83 bits per heavy atom. The minimum absolute atomic E-state index is 0.134. The molecule has 0 aliphatic carbocycles. The van der Waals surface area contributed by atoms with Gasteiger partial charge in [-0.1, -0.05) is 24.3 Å². The summed E-state index contributed by atoms with van der Waals surface area (Å²) in [6, 6.07) is 8.30. The first-order chi connectivity index (χ1) is 8.59. The van der Waals surface area contributed by atoms with Gasteiger partial charge in [-0.2, -0.15) is 0 Å². The third kappa shape index (κ3) is 2.71. The van der Waals surface area contributed by atoms with Crippen molar-refractivity contribution < 1.29 is 4.74 Å². The van der Waals surface area contributed by atoms with Crippen molar-refractivity contribution in [2.45, 2.75) is 32.0 Å². The van der Waals surface area contributed by atoms with Crippen molar-refractivity contribution in [3.05, 3.63) is 35.4 Å². The van der Waals surface area contributed by atoms with Crippen molar-refractivity contribution >= 4 is 5.84 Å². The molecule has 0 saturated carbocycles. The van der Waals surface area contributed by atoms with Crippen molar-refractivity contribution in [1.82, 2.24) is 4.90 Å². The molecule has 0 aromatic heterocycles. The predicted molar refractivity (Wildman–Crippen MR) is 72.7 cm³/mol. The Kier molecular flexibility index (Phi) is 3.99. The second-order valence-electron chi connectivity index (χ2n) is 4.92. The molecular formula is C14H21N3O. The van der Waals surface area contributed by atoms with Gasteiger partial charge in [-0.3, -0.25) is 10.3 Å². The van der Waals surface area contributed by atoms with Crippen LogP contribution in [0.1, 0.15) is 24.5 Å². The zero-order chi connectivity index (χ0) is 13.1. The van der Waals surface area contributed by atoms with Gasteiger partial charge in [0.05, 0.1) is 6.10 Å². The Hall–Kier alpha value is -1.39. The standard InChI is InChI=1S/C14H21N3O/c1-10-13(7-8-18-10)17(2)9-11-5-3-4-6-12(11)14(15)16/h3-6,10,13H,7-9H2,1-2H3,(H3,15,16). The van der Waals surface area contributed by atoms with Crippen molar-refractivity contribution in [3.8, 4) is 0 Å². The fourth-order valence-electron chi connectivity index (χ4n) is 2.61. The molecule has 1 heterocycles. The average molecular weight is 247 g/mol. The number of amidine groups is 1. The third-order valence-electron chi connectivity index (χ3n) is 3.63. The van der Waals surface area contributed by atoms with Crippen LogP contribution in [0.2, 0.25) is 0 Å². The van der Waals surface area contributed by atoms with Gasteiger partial charge in [0.25, 0.3) is 0 Å². The summed E-state index contributed by atoms with van der Waals surface area (Å²) in [7, 11) is 2.10. The highest BCUT2D eigenvalue weighted by Crippen LogP contribution is 2.21. The first-order valence-corrected chi connectivity index (χ1v) is 6.33. The molecule has 2 unspecified atom stereocenters. The zero-order valence-corrected chi connectivity index (χ0v) is 11.0. The van der Waals surface area contributed by atoms with Crippen molar-refractivity contribution in [3.63, 3.8) is 0 Å². The molecule has 1 saturated heterocycles. The summed E-state index contributed by atoms with van der Waals surface area (Å²) in [5.74, 6) is 0.134. The van der Waals surface area contributed by atoms with Gasteiger partial charge in [-0.25, -0.2) is 0 Å². The van der Waals surface area contributed by atoms with E-state index in [2.05, 4.69) is 18.9 Å². The highest BCUT2D eigenvalue weighted by atomic mass is 16.5. The van der Waals surface area contributed by atoms with Gasteiger partial charge in [0, 0.05) is 24.8 Å². The Labute approximate surface area is 108 Å². The van der Waals surface area contributed by atoms with Crippen LogP contribution in [0.4, 0.5) is 0 Å². The Morgan fingerprint density at radius 2 is 2.22 bits per heavy atom. The molecule has 4 heteroatoms. The van der Waals surface area contributed by atoms with Gasteiger partial charge in [0.2, 0.25) is 0 Å². The molecule has 1 aliphatic heterocycles. The molecule has 3 N–H and O–H groups in total. The highest BCUT2D eigenvalue weighted by molar-refractivity contribution is 5.96. The van der Waals surface area contributed by atoms with Gasteiger partial charge in [0.1, 0.15) is 5.84 Å². The van der Waals surface area contributed by atoms with Crippen LogP contribution in [0, 0.1) is 5.41 Å². The van der Waals surface area contributed by atoms with E-state index < -0.39 is 0 Å². The van der Waals surface area contributed by atoms with Crippen LogP contribution >= 0.6 is 0 Å². The number of nitrogen functional groups attached to an aromatic ring is 1. The van der Waals surface area contributed by atoms with Crippen molar-refractivity contribution in [2.75, 3.05) is 13.7 Å². The predicted octanol–water partition coefficient (Wildman–Crippen LogP) is 1.58. The molecule has 98 valence electrons. The average Bonchev–Trinajstić information content (AvgIpc) is 2.76. The lowest BCUT2D eigenvalue weighted by atomic mass is 10.0. The summed E-state index contributed by atoms with van der Waals surface area (Å²) in [6.45, 7) is 3.75. The molecule has 2 atom stereocenters. The summed E-state index contributed by atoms with van der Waals surface area (Å²) >= 11 is 0. The van der Waals surface area contributed by atoms with E-state index in [1.807, 2.05) is 24.3 Å². The molecule has 1 fully saturated rings. The number of nitrogens with zero attached hydrogens (tertiary/aromatic N) is 1. The first-order valence-electron chi connectivity index (χ1n) is 6.33. The fourth-order valence-corrected chi connectivity index (χ4v) is 2.61. The number of likely N-dealkylation sites (N-methyl/N-ethyl adjacent to an activating group) is 1. The van der Waals surface area contributed by atoms with E-state index in [1.54, 1.807) is 0 Å². The Morgan fingerprint density at radius 1 is 1.50 bits per heavy atom. The van der Waals surface area contributed by atoms with Crippen LogP contribution in [-0.4, -0.2) is 36.5 Å². The van der Waals surface area contributed by atoms with Gasteiger partial charge in [0.15, 0.2) is 0 Å². The lowest BCUT2D eigenvalue weighted by Gasteiger charge is -2.27. The molecular weight excluding hydrogens is 226 g/mol. The maximum Gasteiger partial charge on any atom is 0.123 e. The van der Waals surface area contributed by atoms with Crippen LogP contribution in [0.3, 0.4) is 0 Å². The largest absolute Gasteiger partial charge is 0.384 e. The molecule has 1 aliphatic rings. The SMILES string of the molecule is CC1OCCC1N(C)Cc1ccccc1C(=N)N. The number of nitrogens with two attached hydrogens (primary N) is 1. The molecule has 1 aromatic rings. The van der Waals surface area contributed by atoms with Crippen molar-refractivity contribution in [1.29, 1.82) is 5.41 Å². The topological polar surface area (TPSA) is 62.3 Å². The highest BCUT2D eigenvalue weighted by Gasteiger charge is 2.28. The maximum atomic E-state index is 7.60. The Balaban J connectivity index is 2.11. The number of hydrogen-bond donors (Lipinski definition) is 2. The van der Waals surface area contributed by atoms with E-state index in [0.29, 0.717) is 6.04 Å². The van der Waals surface area contributed by atoms with Crippen LogP contribution < -0.4 is 5.73 Å². The van der Waals surface area contributed by atoms with Crippen LogP contribution in [0.15, 0.2) is 24.3 Å². The summed E-state index contributed by atoms with van der Waals surface area (Å²) in [6.07, 6.45) is 1.35. The molecule has 2 rings (SSSR count). The number of nitrogens with one attached hydrogen (secondary N) is 1. The maximum absolute atomic E-state index is 7.60. The Bertz CT molecular complexity index is 433. The number of rotatable bonds is 4. The minimum atomic E-state index is 0.134. The van der Waals surface area contributed by atoms with Crippen LogP contribution in [-0.2, 0) is 11.3 Å². The van der Waals surface area contributed by atoms with E-state index in [9.17, 15) is 0 Å². The lowest BCUT2D eigenvalue weighted by Crippen LogP contribution is -2.36. The van der Waals surface area contributed by atoms with Crippen LogP contribution in [0.5, 0.6) is 0 Å². The lowest BCUT2D eigenvalue weighted by molar-refractivity contribution is 0.0814. The summed E-state index contributed by atoms with van der Waals surface area (Å²) < 4.78 is 5.59. The van der Waals surface area contributed by atoms with Gasteiger partial charge in [-0.15, -0.1) is 0 Å². The number of ether oxygens (including phenoxy) is 1. The van der Waals surface area contributed by atoms with Gasteiger partial charge in [-0.05, 0) is 26.0 Å². The molecule has 0 bridgehead atoms. The monoisotopic (exact) mass is 247 g/mol. The van der Waals surface area contributed by atoms with E-state index >= 15 is 0 Å². The number of benzene rings is 1. The molecule has 0 amide bonds. The zero-order valence-electron chi connectivity index (χ0n) is 11.0.